The average Bonchev–Trinajstić information content (AvgIpc) is 3.52. The van der Waals surface area contributed by atoms with Crippen LogP contribution in [0.2, 0.25) is 0 Å². The van der Waals surface area contributed by atoms with Crippen molar-refractivity contribution in [1.82, 2.24) is 9.47 Å². The Morgan fingerprint density at radius 2 is 1.97 bits per heavy atom. The van der Waals surface area contributed by atoms with E-state index >= 15 is 0 Å². The van der Waals surface area contributed by atoms with Crippen molar-refractivity contribution in [2.45, 2.75) is 74.3 Å². The van der Waals surface area contributed by atoms with E-state index < -0.39 is 17.1 Å². The molecule has 3 N–H and O–H groups in total. The number of rotatable bonds is 2. The van der Waals surface area contributed by atoms with Crippen LogP contribution >= 0.6 is 0 Å². The molecule has 1 saturated carbocycles. The van der Waals surface area contributed by atoms with E-state index in [0.29, 0.717) is 18.6 Å². The normalized spacial score (nSPS) is 36.1. The van der Waals surface area contributed by atoms with Gasteiger partial charge in [0.15, 0.2) is 17.6 Å². The van der Waals surface area contributed by atoms with Crippen molar-refractivity contribution in [3.05, 3.63) is 58.3 Å². The highest BCUT2D eigenvalue weighted by atomic mass is 16.5. The first kappa shape index (κ1) is 19.6. The van der Waals surface area contributed by atoms with Crippen LogP contribution in [-0.2, 0) is 24.8 Å². The molecular weight excluding hydrogens is 440 g/mol. The molecule has 4 heterocycles. The minimum atomic E-state index is -0.967. The number of hydrogen-bond acceptors (Lipinski definition) is 5. The summed E-state index contributed by atoms with van der Waals surface area (Å²) in [7, 11) is 0. The third kappa shape index (κ3) is 2.08. The molecule has 3 aromatic rings. The van der Waals surface area contributed by atoms with Gasteiger partial charge in [-0.05, 0) is 61.8 Å². The molecule has 1 aromatic heterocycles. The number of phenols is 1. The summed E-state index contributed by atoms with van der Waals surface area (Å²) in [5.74, 6) is 1.53. The number of aryl methyl sites for hydroxylation is 1. The maximum absolute atomic E-state index is 13.0. The van der Waals surface area contributed by atoms with Crippen LogP contribution in [0.1, 0.15) is 65.8 Å². The van der Waals surface area contributed by atoms with Gasteiger partial charge < -0.3 is 24.6 Å². The molecule has 6 aliphatic rings. The molecule has 0 amide bonds. The zero-order valence-corrected chi connectivity index (χ0v) is 19.7. The van der Waals surface area contributed by atoms with Gasteiger partial charge in [0.25, 0.3) is 0 Å². The number of ether oxygens (including phenoxy) is 1. The molecule has 2 bridgehead atoms. The Balaban J connectivity index is 1.36. The average molecular weight is 471 g/mol. The molecule has 0 unspecified atom stereocenters. The van der Waals surface area contributed by atoms with Gasteiger partial charge in [0.1, 0.15) is 0 Å². The van der Waals surface area contributed by atoms with Gasteiger partial charge >= 0.3 is 0 Å². The van der Waals surface area contributed by atoms with Crippen LogP contribution in [-0.4, -0.2) is 49.5 Å². The second-order valence-electron chi connectivity index (χ2n) is 12.0. The van der Waals surface area contributed by atoms with Gasteiger partial charge in [0.05, 0.1) is 28.3 Å². The number of aromatic nitrogens is 1. The predicted molar refractivity (Wildman–Crippen MR) is 130 cm³/mol. The second-order valence-corrected chi connectivity index (χ2v) is 12.0. The maximum atomic E-state index is 13.0. The number of aliphatic hydroxyl groups is 2. The van der Waals surface area contributed by atoms with Gasteiger partial charge in [-0.3, -0.25) is 4.90 Å². The summed E-state index contributed by atoms with van der Waals surface area (Å²) in [6.07, 6.45) is 4.70. The monoisotopic (exact) mass is 470 g/mol. The lowest BCUT2D eigenvalue weighted by atomic mass is 9.49. The Bertz CT molecular complexity index is 1460. The van der Waals surface area contributed by atoms with Crippen molar-refractivity contribution in [1.29, 1.82) is 0 Å². The molecule has 3 aliphatic heterocycles. The number of fused-ring (bicyclic) bond motifs is 4. The number of piperidine rings is 1. The van der Waals surface area contributed by atoms with Gasteiger partial charge in [0.2, 0.25) is 0 Å². The summed E-state index contributed by atoms with van der Waals surface area (Å²) in [5, 5.41) is 35.8. The van der Waals surface area contributed by atoms with Crippen molar-refractivity contribution in [3.63, 3.8) is 0 Å². The molecule has 180 valence electrons. The van der Waals surface area contributed by atoms with E-state index in [1.807, 2.05) is 12.1 Å². The lowest BCUT2D eigenvalue weighted by Crippen LogP contribution is -2.74. The van der Waals surface area contributed by atoms with Crippen LogP contribution in [0.3, 0.4) is 0 Å². The SMILES string of the molecule is Oc1ccc2c3c1O[C@H]1c4c(c5cccc6c5n4CC[C@H]6O)C[C@@]4(O)[C@H](C2)N(CC2CC2)CC[C@]314. The highest BCUT2D eigenvalue weighted by Gasteiger charge is 2.73. The summed E-state index contributed by atoms with van der Waals surface area (Å²) >= 11 is 0. The zero-order valence-electron chi connectivity index (χ0n) is 19.7. The quantitative estimate of drug-likeness (QED) is 0.535. The zero-order chi connectivity index (χ0) is 23.3. The van der Waals surface area contributed by atoms with Crippen LogP contribution in [0.5, 0.6) is 11.5 Å². The minimum absolute atomic E-state index is 0.0383. The summed E-state index contributed by atoms with van der Waals surface area (Å²) in [4.78, 5) is 2.57. The first-order valence-electron chi connectivity index (χ1n) is 13.3. The fourth-order valence-corrected chi connectivity index (χ4v) is 8.84. The number of benzene rings is 2. The van der Waals surface area contributed by atoms with Crippen molar-refractivity contribution in [2.24, 2.45) is 5.92 Å². The molecule has 6 heteroatoms. The summed E-state index contributed by atoms with van der Waals surface area (Å²) < 4.78 is 9.15. The minimum Gasteiger partial charge on any atom is -0.504 e. The predicted octanol–water partition coefficient (Wildman–Crippen LogP) is 3.48. The third-order valence-corrected chi connectivity index (χ3v) is 10.5. The summed E-state index contributed by atoms with van der Waals surface area (Å²) in [6, 6.07) is 10.1. The van der Waals surface area contributed by atoms with Crippen molar-refractivity contribution in [3.8, 4) is 11.5 Å². The van der Waals surface area contributed by atoms with Crippen molar-refractivity contribution < 1.29 is 20.1 Å². The Kier molecular flexibility index (Phi) is 3.39. The molecule has 35 heavy (non-hydrogen) atoms. The van der Waals surface area contributed by atoms with E-state index in [4.69, 9.17) is 4.74 Å². The van der Waals surface area contributed by atoms with Crippen LogP contribution < -0.4 is 4.74 Å². The Morgan fingerprint density at radius 1 is 1.09 bits per heavy atom. The lowest BCUT2D eigenvalue weighted by Gasteiger charge is -2.63. The Morgan fingerprint density at radius 3 is 2.83 bits per heavy atom. The van der Waals surface area contributed by atoms with Crippen LogP contribution in [0.15, 0.2) is 30.3 Å². The lowest BCUT2D eigenvalue weighted by molar-refractivity contribution is -0.173. The molecular formula is C29H30N2O4. The summed E-state index contributed by atoms with van der Waals surface area (Å²) in [6.45, 7) is 2.77. The van der Waals surface area contributed by atoms with Gasteiger partial charge in [-0.2, -0.15) is 0 Å². The fraction of sp³-hybridized carbons (Fsp3) is 0.517. The first-order valence-corrected chi connectivity index (χ1v) is 13.3. The van der Waals surface area contributed by atoms with Gasteiger partial charge in [-0.15, -0.1) is 0 Å². The smallest absolute Gasteiger partial charge is 0.166 e. The Hall–Kier alpha value is -2.54. The highest BCUT2D eigenvalue weighted by Crippen LogP contribution is 2.69. The molecule has 1 spiro atoms. The number of nitrogens with zero attached hydrogens (tertiary/aromatic N) is 2. The van der Waals surface area contributed by atoms with E-state index in [0.717, 1.165) is 66.1 Å². The van der Waals surface area contributed by atoms with Gasteiger partial charge in [0, 0.05) is 42.1 Å². The maximum Gasteiger partial charge on any atom is 0.166 e. The number of hydrogen-bond donors (Lipinski definition) is 3. The number of aliphatic hydroxyl groups excluding tert-OH is 1. The van der Waals surface area contributed by atoms with Crippen molar-refractivity contribution in [2.75, 3.05) is 13.1 Å². The molecule has 1 saturated heterocycles. The standard InChI is InChI=1S/C29H30N2O4/c32-20-8-10-31-24-17(2-1-3-18(20)24)19-13-29(34)22-12-16-6-7-21(33)26-23(16)28(29,27(35-26)25(19)31)9-11-30(22)14-15-4-5-15/h1-3,6-7,15,20,22,27,32-34H,4-5,8-14H2/t20-,22+,27+,28+,29-/m1/s1. The van der Waals surface area contributed by atoms with E-state index in [2.05, 4.69) is 21.6 Å². The third-order valence-electron chi connectivity index (χ3n) is 10.5. The number of likely N-dealkylation sites (tertiary alicyclic amines) is 1. The van der Waals surface area contributed by atoms with Crippen LogP contribution in [0.25, 0.3) is 10.9 Å². The van der Waals surface area contributed by atoms with E-state index in [1.54, 1.807) is 6.07 Å². The highest BCUT2D eigenvalue weighted by molar-refractivity contribution is 5.90. The molecule has 3 aliphatic carbocycles. The van der Waals surface area contributed by atoms with Gasteiger partial charge in [-0.25, -0.2) is 0 Å². The molecule has 6 nitrogen and oxygen atoms in total. The van der Waals surface area contributed by atoms with E-state index in [9.17, 15) is 15.3 Å². The number of phenolic OH excluding ortho intramolecular Hbond substituents is 1. The second kappa shape index (κ2) is 6.05. The van der Waals surface area contributed by atoms with Crippen molar-refractivity contribution >= 4 is 10.9 Å². The molecule has 9 rings (SSSR count). The van der Waals surface area contributed by atoms with E-state index in [1.165, 1.54) is 24.0 Å². The summed E-state index contributed by atoms with van der Waals surface area (Å²) in [5.41, 5.74) is 5.17. The molecule has 2 fully saturated rings. The molecule has 5 atom stereocenters. The fourth-order valence-electron chi connectivity index (χ4n) is 8.84. The molecule has 2 aromatic carbocycles. The van der Waals surface area contributed by atoms with Crippen LogP contribution in [0, 0.1) is 5.92 Å². The first-order chi connectivity index (χ1) is 17.0. The van der Waals surface area contributed by atoms with E-state index in [-0.39, 0.29) is 17.9 Å². The molecule has 0 radical (unpaired) electrons. The topological polar surface area (TPSA) is 78.1 Å². The van der Waals surface area contributed by atoms with Gasteiger partial charge in [-0.1, -0.05) is 24.3 Å². The van der Waals surface area contributed by atoms with Crippen LogP contribution in [0.4, 0.5) is 0 Å². The number of aromatic hydroxyl groups is 1. The Labute approximate surface area is 203 Å². The number of para-hydroxylation sites is 1. The largest absolute Gasteiger partial charge is 0.504 e.